The van der Waals surface area contributed by atoms with Crippen LogP contribution in [0.15, 0.2) is 18.2 Å². The lowest BCUT2D eigenvalue weighted by Crippen LogP contribution is -2.35. The number of rotatable bonds is 4. The number of carbonyl (C=O) groups excluding carboxylic acids is 1. The smallest absolute Gasteiger partial charge is 0.226 e. The molecule has 2 N–H and O–H groups in total. The van der Waals surface area contributed by atoms with Gasteiger partial charge in [-0.15, -0.1) is 0 Å². The van der Waals surface area contributed by atoms with Gasteiger partial charge in [0.2, 0.25) is 5.91 Å². The van der Waals surface area contributed by atoms with Gasteiger partial charge in [0.25, 0.3) is 0 Å². The summed E-state index contributed by atoms with van der Waals surface area (Å²) in [7, 11) is 1.42. The van der Waals surface area contributed by atoms with E-state index in [2.05, 4.69) is 0 Å². The molecule has 0 saturated carbocycles. The number of amides is 1. The molecule has 0 radical (unpaired) electrons. The summed E-state index contributed by atoms with van der Waals surface area (Å²) < 4.78 is 26.5. The van der Waals surface area contributed by atoms with Crippen molar-refractivity contribution in [2.24, 2.45) is 5.73 Å². The number of nitrogens with two attached hydrogens (primary N) is 1. The molecule has 0 aliphatic carbocycles. The fourth-order valence-corrected chi connectivity index (χ4v) is 1.47. The first-order valence-electron chi connectivity index (χ1n) is 5.71. The molecule has 0 atom stereocenters. The maximum Gasteiger partial charge on any atom is 0.226 e. The van der Waals surface area contributed by atoms with Gasteiger partial charge in [0.05, 0.1) is 5.69 Å². The Labute approximate surface area is 106 Å². The molecule has 5 heteroatoms. The van der Waals surface area contributed by atoms with Gasteiger partial charge in [-0.1, -0.05) is 0 Å². The van der Waals surface area contributed by atoms with E-state index in [0.29, 0.717) is 6.42 Å². The third kappa shape index (κ3) is 4.07. The quantitative estimate of drug-likeness (QED) is 0.899. The summed E-state index contributed by atoms with van der Waals surface area (Å²) in [5.41, 5.74) is 5.25. The van der Waals surface area contributed by atoms with Crippen molar-refractivity contribution in [2.45, 2.75) is 32.2 Å². The first-order chi connectivity index (χ1) is 8.20. The number of benzene rings is 1. The van der Waals surface area contributed by atoms with Gasteiger partial charge in [0.15, 0.2) is 0 Å². The lowest BCUT2D eigenvalue weighted by molar-refractivity contribution is -0.118. The van der Waals surface area contributed by atoms with Crippen molar-refractivity contribution in [1.82, 2.24) is 0 Å². The van der Waals surface area contributed by atoms with Crippen molar-refractivity contribution >= 4 is 11.6 Å². The summed E-state index contributed by atoms with van der Waals surface area (Å²) in [5, 5.41) is 0. The van der Waals surface area contributed by atoms with Crippen LogP contribution in [0.4, 0.5) is 14.5 Å². The highest BCUT2D eigenvalue weighted by molar-refractivity contribution is 5.92. The van der Waals surface area contributed by atoms with Gasteiger partial charge in [-0.25, -0.2) is 8.78 Å². The van der Waals surface area contributed by atoms with E-state index >= 15 is 0 Å². The highest BCUT2D eigenvalue weighted by Crippen LogP contribution is 2.20. The van der Waals surface area contributed by atoms with E-state index in [0.717, 1.165) is 23.1 Å². The molecule has 1 rings (SSSR count). The fraction of sp³-hybridized carbons (Fsp3) is 0.462. The molecule has 100 valence electrons. The monoisotopic (exact) mass is 256 g/mol. The Morgan fingerprint density at radius 1 is 1.39 bits per heavy atom. The molecule has 0 fully saturated rings. The Balaban J connectivity index is 2.77. The summed E-state index contributed by atoms with van der Waals surface area (Å²) in [6.45, 7) is 3.62. The van der Waals surface area contributed by atoms with Crippen LogP contribution in [-0.2, 0) is 4.79 Å². The molecule has 0 saturated heterocycles. The van der Waals surface area contributed by atoms with E-state index in [-0.39, 0.29) is 18.0 Å². The molecule has 1 amide bonds. The molecular weight excluding hydrogens is 238 g/mol. The van der Waals surface area contributed by atoms with E-state index < -0.39 is 17.2 Å². The van der Waals surface area contributed by atoms with Crippen molar-refractivity contribution in [3.63, 3.8) is 0 Å². The molecule has 0 unspecified atom stereocenters. The normalized spacial score (nSPS) is 11.4. The molecule has 0 aromatic heterocycles. The third-order valence-corrected chi connectivity index (χ3v) is 2.63. The maximum atomic E-state index is 13.5. The van der Waals surface area contributed by atoms with Gasteiger partial charge >= 0.3 is 0 Å². The minimum atomic E-state index is -0.626. The SMILES string of the molecule is CN(C(=O)CCC(C)(C)N)c1cc(F)ccc1F. The van der Waals surface area contributed by atoms with Crippen LogP contribution in [0, 0.1) is 11.6 Å². The standard InChI is InChI=1S/C13H18F2N2O/c1-13(2,16)7-6-12(18)17(3)11-8-9(14)4-5-10(11)15/h4-5,8H,6-7,16H2,1-3H3. The summed E-state index contributed by atoms with van der Waals surface area (Å²) in [4.78, 5) is 13.0. The zero-order chi connectivity index (χ0) is 13.9. The van der Waals surface area contributed by atoms with Crippen LogP contribution in [0.2, 0.25) is 0 Å². The second kappa shape index (κ2) is 5.44. The van der Waals surface area contributed by atoms with Crippen molar-refractivity contribution in [1.29, 1.82) is 0 Å². The minimum absolute atomic E-state index is 0.0603. The van der Waals surface area contributed by atoms with Crippen molar-refractivity contribution in [2.75, 3.05) is 11.9 Å². The Bertz CT molecular complexity index is 441. The van der Waals surface area contributed by atoms with Crippen LogP contribution in [0.5, 0.6) is 0 Å². The number of hydrogen-bond donors (Lipinski definition) is 1. The largest absolute Gasteiger partial charge is 0.326 e. The summed E-state index contributed by atoms with van der Waals surface area (Å²) in [6, 6.07) is 3.02. The Hall–Kier alpha value is -1.49. The van der Waals surface area contributed by atoms with Crippen LogP contribution >= 0.6 is 0 Å². The number of anilines is 1. The van der Waals surface area contributed by atoms with Crippen LogP contribution in [0.25, 0.3) is 0 Å². The highest BCUT2D eigenvalue weighted by atomic mass is 19.1. The lowest BCUT2D eigenvalue weighted by Gasteiger charge is -2.22. The molecule has 18 heavy (non-hydrogen) atoms. The van der Waals surface area contributed by atoms with Crippen LogP contribution in [0.1, 0.15) is 26.7 Å². The summed E-state index contributed by atoms with van der Waals surface area (Å²) >= 11 is 0. The topological polar surface area (TPSA) is 46.3 Å². The first-order valence-corrected chi connectivity index (χ1v) is 5.71. The predicted molar refractivity (Wildman–Crippen MR) is 67.3 cm³/mol. The average molecular weight is 256 g/mol. The molecular formula is C13H18F2N2O. The molecule has 1 aromatic carbocycles. The van der Waals surface area contributed by atoms with Crippen LogP contribution in [0.3, 0.4) is 0 Å². The summed E-state index contributed by atoms with van der Waals surface area (Å²) in [6.07, 6.45) is 0.670. The second-order valence-corrected chi connectivity index (χ2v) is 5.04. The van der Waals surface area contributed by atoms with E-state index in [1.165, 1.54) is 7.05 Å². The van der Waals surface area contributed by atoms with Gasteiger partial charge < -0.3 is 10.6 Å². The van der Waals surface area contributed by atoms with Crippen LogP contribution in [-0.4, -0.2) is 18.5 Å². The third-order valence-electron chi connectivity index (χ3n) is 2.63. The van der Waals surface area contributed by atoms with Crippen LogP contribution < -0.4 is 10.6 Å². The summed E-state index contributed by atoms with van der Waals surface area (Å²) in [5.74, 6) is -1.50. The van der Waals surface area contributed by atoms with E-state index in [1.54, 1.807) is 0 Å². The minimum Gasteiger partial charge on any atom is -0.326 e. The molecule has 1 aromatic rings. The maximum absolute atomic E-state index is 13.5. The molecule has 0 bridgehead atoms. The molecule has 0 aliphatic rings. The van der Waals surface area contributed by atoms with E-state index in [9.17, 15) is 13.6 Å². The molecule has 0 aliphatic heterocycles. The zero-order valence-corrected chi connectivity index (χ0v) is 10.8. The molecule has 0 spiro atoms. The van der Waals surface area contributed by atoms with Gasteiger partial charge in [-0.3, -0.25) is 4.79 Å². The predicted octanol–water partition coefficient (Wildman–Crippen LogP) is 2.45. The first kappa shape index (κ1) is 14.6. The van der Waals surface area contributed by atoms with Gasteiger partial charge in [-0.2, -0.15) is 0 Å². The number of nitrogens with zero attached hydrogens (tertiary/aromatic N) is 1. The number of carbonyl (C=O) groups is 1. The van der Waals surface area contributed by atoms with E-state index in [4.69, 9.17) is 5.73 Å². The lowest BCUT2D eigenvalue weighted by atomic mass is 10.00. The molecule has 0 heterocycles. The zero-order valence-electron chi connectivity index (χ0n) is 10.8. The van der Waals surface area contributed by atoms with Gasteiger partial charge in [0.1, 0.15) is 11.6 Å². The average Bonchev–Trinajstić information content (AvgIpc) is 2.27. The number of halogens is 2. The Kier molecular flexibility index (Phi) is 4.40. The Morgan fingerprint density at radius 2 is 2.00 bits per heavy atom. The molecule has 3 nitrogen and oxygen atoms in total. The Morgan fingerprint density at radius 3 is 2.56 bits per heavy atom. The van der Waals surface area contributed by atoms with Gasteiger partial charge in [0, 0.05) is 25.1 Å². The second-order valence-electron chi connectivity index (χ2n) is 5.04. The number of hydrogen-bond acceptors (Lipinski definition) is 2. The van der Waals surface area contributed by atoms with E-state index in [1.807, 2.05) is 13.8 Å². The highest BCUT2D eigenvalue weighted by Gasteiger charge is 2.19. The van der Waals surface area contributed by atoms with Crippen molar-refractivity contribution in [3.8, 4) is 0 Å². The van der Waals surface area contributed by atoms with Crippen molar-refractivity contribution < 1.29 is 13.6 Å². The van der Waals surface area contributed by atoms with Gasteiger partial charge in [-0.05, 0) is 32.4 Å². The van der Waals surface area contributed by atoms with Crippen molar-refractivity contribution in [3.05, 3.63) is 29.8 Å². The fourth-order valence-electron chi connectivity index (χ4n) is 1.47.